The zero-order chi connectivity index (χ0) is 32.0. The molecular formula is C34H50N4O7. The van der Waals surface area contributed by atoms with Gasteiger partial charge in [0.2, 0.25) is 5.91 Å². The van der Waals surface area contributed by atoms with Crippen LogP contribution in [0.1, 0.15) is 71.3 Å². The predicted octanol–water partition coefficient (Wildman–Crippen LogP) is 3.12. The molecule has 1 aromatic rings. The molecule has 0 aromatic heterocycles. The fourth-order valence-corrected chi connectivity index (χ4v) is 7.33. The van der Waals surface area contributed by atoms with E-state index in [1.165, 1.54) is 5.57 Å². The number of carbonyl (C=O) groups is 3. The molecule has 2 heterocycles. The third-order valence-corrected chi connectivity index (χ3v) is 9.91. The lowest BCUT2D eigenvalue weighted by molar-refractivity contribution is -0.121. The van der Waals surface area contributed by atoms with Crippen molar-refractivity contribution in [3.63, 3.8) is 0 Å². The van der Waals surface area contributed by atoms with Gasteiger partial charge in [-0.1, -0.05) is 42.0 Å². The van der Waals surface area contributed by atoms with Gasteiger partial charge in [-0.25, -0.2) is 15.6 Å². The average Bonchev–Trinajstić information content (AvgIpc) is 3.94. The van der Waals surface area contributed by atoms with Crippen LogP contribution in [0.25, 0.3) is 0 Å². The molecule has 2 saturated carbocycles. The Morgan fingerprint density at radius 1 is 1.07 bits per heavy atom. The first-order valence-electron chi connectivity index (χ1n) is 16.4. The molecular weight excluding hydrogens is 576 g/mol. The summed E-state index contributed by atoms with van der Waals surface area (Å²) in [5.74, 6) is -0.164. The summed E-state index contributed by atoms with van der Waals surface area (Å²) in [6.45, 7) is 7.05. The van der Waals surface area contributed by atoms with Gasteiger partial charge in [0.05, 0.1) is 31.2 Å². The minimum Gasteiger partial charge on any atom is -0.443 e. The van der Waals surface area contributed by atoms with Crippen LogP contribution in [0, 0.1) is 5.92 Å². The van der Waals surface area contributed by atoms with E-state index >= 15 is 0 Å². The molecule has 2 aliphatic carbocycles. The van der Waals surface area contributed by atoms with Crippen molar-refractivity contribution in [2.45, 2.75) is 120 Å². The van der Waals surface area contributed by atoms with E-state index in [9.17, 15) is 14.4 Å². The molecule has 4 fully saturated rings. The molecule has 0 radical (unpaired) electrons. The number of hydrogen-bond donors (Lipinski definition) is 4. The fourth-order valence-electron chi connectivity index (χ4n) is 7.33. The Bertz CT molecular complexity index is 1200. The highest BCUT2D eigenvalue weighted by atomic mass is 16.6. The van der Waals surface area contributed by atoms with Crippen molar-refractivity contribution in [2.24, 2.45) is 5.92 Å². The number of alkyl carbamates (subject to hydrolysis) is 1. The molecule has 3 unspecified atom stereocenters. The Hall–Kier alpha value is -2.83. The zero-order valence-electron chi connectivity index (χ0n) is 27.0. The van der Waals surface area contributed by atoms with Crippen molar-refractivity contribution in [2.75, 3.05) is 20.3 Å². The third kappa shape index (κ3) is 8.51. The maximum Gasteiger partial charge on any atom is 0.407 e. The van der Waals surface area contributed by atoms with E-state index < -0.39 is 12.1 Å². The van der Waals surface area contributed by atoms with Gasteiger partial charge in [0.25, 0.3) is 0 Å². The Labute approximate surface area is 266 Å². The van der Waals surface area contributed by atoms with Crippen LogP contribution in [-0.4, -0.2) is 86.2 Å². The number of nitrogens with one attached hydrogen (secondary N) is 4. The summed E-state index contributed by atoms with van der Waals surface area (Å²) >= 11 is 0. The van der Waals surface area contributed by atoms with Gasteiger partial charge in [0.1, 0.15) is 29.7 Å². The van der Waals surface area contributed by atoms with Crippen LogP contribution in [0.4, 0.5) is 4.79 Å². The van der Waals surface area contributed by atoms with Gasteiger partial charge in [-0.15, -0.1) is 0 Å². The topological polar surface area (TPSA) is 143 Å². The lowest BCUT2D eigenvalue weighted by Gasteiger charge is -2.42. The highest BCUT2D eigenvalue weighted by Gasteiger charge is 2.72. The van der Waals surface area contributed by atoms with Crippen LogP contribution >= 0.6 is 0 Å². The largest absolute Gasteiger partial charge is 0.443 e. The second-order valence-corrected chi connectivity index (χ2v) is 13.5. The molecule has 5 rings (SSSR count). The number of hydrazine groups is 1. The highest BCUT2D eigenvalue weighted by Crippen LogP contribution is 2.59. The van der Waals surface area contributed by atoms with Gasteiger partial charge in [-0.2, -0.15) is 0 Å². The van der Waals surface area contributed by atoms with E-state index in [0.717, 1.165) is 50.4 Å². The summed E-state index contributed by atoms with van der Waals surface area (Å²) < 4.78 is 24.3. The first-order valence-corrected chi connectivity index (χ1v) is 16.4. The summed E-state index contributed by atoms with van der Waals surface area (Å²) in [4.78, 5) is 37.0. The Balaban J connectivity index is 1.02. The van der Waals surface area contributed by atoms with E-state index in [4.69, 9.17) is 18.9 Å². The lowest BCUT2D eigenvalue weighted by Crippen LogP contribution is -2.56. The summed E-state index contributed by atoms with van der Waals surface area (Å²) in [7, 11) is 1.68. The molecule has 11 heteroatoms. The average molecular weight is 627 g/mol. The number of methoxy groups -OCH3 is 1. The number of benzene rings is 1. The van der Waals surface area contributed by atoms with Crippen molar-refractivity contribution >= 4 is 18.3 Å². The summed E-state index contributed by atoms with van der Waals surface area (Å²) in [5.41, 5.74) is 7.45. The quantitative estimate of drug-likeness (QED) is 0.106. The minimum absolute atomic E-state index is 0.0194. The Morgan fingerprint density at radius 3 is 2.38 bits per heavy atom. The molecule has 0 bridgehead atoms. The van der Waals surface area contributed by atoms with Crippen molar-refractivity contribution in [1.82, 2.24) is 21.5 Å². The van der Waals surface area contributed by atoms with E-state index in [1.807, 2.05) is 30.3 Å². The summed E-state index contributed by atoms with van der Waals surface area (Å²) in [6, 6.07) is 9.29. The Morgan fingerprint density at radius 2 is 1.76 bits per heavy atom. The lowest BCUT2D eigenvalue weighted by atomic mass is 9.68. The van der Waals surface area contributed by atoms with Crippen molar-refractivity contribution in [3.05, 3.63) is 47.5 Å². The number of aldehydes is 1. The first kappa shape index (κ1) is 33.5. The third-order valence-electron chi connectivity index (χ3n) is 9.91. The van der Waals surface area contributed by atoms with Crippen molar-refractivity contribution in [3.8, 4) is 0 Å². The van der Waals surface area contributed by atoms with Gasteiger partial charge in [0.15, 0.2) is 0 Å². The number of hydrogen-bond acceptors (Lipinski definition) is 9. The standard InChI is InChI=1S/C34H50N4O7/c1-22(2)10-15-28-33(3,45-28)31-30(42-4)27(16-17-34(31)21-43-34)44-32(41)37-25-13-11-24(12-14-25)36-29(40)19-35-38-26(20-39)18-23-8-6-5-7-9-23/h5-10,20,24-28,30-31,35,38H,11-19,21H2,1-4H3,(H,36,40)(H,37,41)/t24-,25-,26-,27?,28+,30?,31?,33-,34-/m0/s1. The minimum atomic E-state index is -0.433. The second kappa shape index (κ2) is 14.7. The normalized spacial score (nSPS) is 34.3. The van der Waals surface area contributed by atoms with Crippen LogP contribution in [0.3, 0.4) is 0 Å². The maximum absolute atomic E-state index is 13.0. The zero-order valence-corrected chi connectivity index (χ0v) is 27.0. The van der Waals surface area contributed by atoms with Gasteiger partial charge >= 0.3 is 6.09 Å². The van der Waals surface area contributed by atoms with Crippen LogP contribution in [0.5, 0.6) is 0 Å². The van der Waals surface area contributed by atoms with Crippen LogP contribution in [0.15, 0.2) is 42.0 Å². The number of amides is 2. The molecule has 11 nitrogen and oxygen atoms in total. The number of rotatable bonds is 14. The van der Waals surface area contributed by atoms with Gasteiger partial charge in [-0.3, -0.25) is 4.79 Å². The Kier molecular flexibility index (Phi) is 11.0. The molecule has 4 N–H and O–H groups in total. The van der Waals surface area contributed by atoms with Crippen LogP contribution in [-0.2, 0) is 35.0 Å². The molecule has 45 heavy (non-hydrogen) atoms. The number of epoxide rings is 2. The van der Waals surface area contributed by atoms with Crippen molar-refractivity contribution in [1.29, 1.82) is 0 Å². The highest BCUT2D eigenvalue weighted by molar-refractivity contribution is 5.78. The SMILES string of the molecule is COC1C(OC(=O)N[C@H]2CC[C@H](NC(=O)CNN[C@H](C=O)Cc3ccccc3)CC2)CC[C@]2(CO2)C1[C@@]1(C)O[C@@H]1CC=C(C)C. The summed E-state index contributed by atoms with van der Waals surface area (Å²) in [6.07, 6.45) is 7.86. The van der Waals surface area contributed by atoms with Gasteiger partial charge in [0, 0.05) is 19.2 Å². The van der Waals surface area contributed by atoms with E-state index in [0.29, 0.717) is 19.4 Å². The fraction of sp³-hybridized carbons (Fsp3) is 0.676. The molecule has 1 aromatic carbocycles. The molecule has 2 saturated heterocycles. The summed E-state index contributed by atoms with van der Waals surface area (Å²) in [5, 5.41) is 6.10. The smallest absolute Gasteiger partial charge is 0.407 e. The van der Waals surface area contributed by atoms with Gasteiger partial charge in [-0.05, 0) is 77.7 Å². The van der Waals surface area contributed by atoms with Gasteiger partial charge < -0.3 is 34.4 Å². The van der Waals surface area contributed by atoms with E-state index in [-0.39, 0.29) is 60.0 Å². The maximum atomic E-state index is 13.0. The van der Waals surface area contributed by atoms with E-state index in [2.05, 4.69) is 48.3 Å². The monoisotopic (exact) mass is 626 g/mol. The number of carbonyl (C=O) groups excluding carboxylic acids is 3. The van der Waals surface area contributed by atoms with Crippen LogP contribution < -0.4 is 21.5 Å². The molecule has 7 atom stereocenters. The molecule has 4 aliphatic rings. The van der Waals surface area contributed by atoms with Crippen molar-refractivity contribution < 1.29 is 33.3 Å². The number of allylic oxidation sites excluding steroid dienone is 1. The predicted molar refractivity (Wildman–Crippen MR) is 168 cm³/mol. The first-order chi connectivity index (χ1) is 21.7. The number of ether oxygens (including phenoxy) is 4. The van der Waals surface area contributed by atoms with E-state index in [1.54, 1.807) is 7.11 Å². The molecule has 2 aliphatic heterocycles. The second-order valence-electron chi connectivity index (χ2n) is 13.5. The molecule has 248 valence electrons. The molecule has 2 amide bonds. The van der Waals surface area contributed by atoms with Crippen LogP contribution in [0.2, 0.25) is 0 Å². The molecule has 1 spiro atoms.